The second-order valence-electron chi connectivity index (χ2n) is 9.25. The molecule has 0 fully saturated rings. The maximum Gasteiger partial charge on any atom is 0.132 e. The number of aliphatic imine (C=N–C) groups is 1. The number of fused-ring (bicyclic) bond motifs is 3. The molecule has 152 valence electrons. The molecule has 2 aliphatic rings. The van der Waals surface area contributed by atoms with E-state index in [2.05, 4.69) is 95.0 Å². The molecule has 0 bridgehead atoms. The van der Waals surface area contributed by atoms with Crippen molar-refractivity contribution in [3.05, 3.63) is 104 Å². The molecule has 0 aromatic heterocycles. The molecule has 0 saturated heterocycles. The van der Waals surface area contributed by atoms with Crippen LogP contribution in [0.2, 0.25) is 0 Å². The number of hydrogen-bond acceptors (Lipinski definition) is 2. The van der Waals surface area contributed by atoms with Gasteiger partial charge in [-0.15, -0.1) is 0 Å². The van der Waals surface area contributed by atoms with E-state index in [-0.39, 0.29) is 12.1 Å². The molecule has 2 nitrogen and oxygen atoms in total. The molecule has 2 heteroatoms. The van der Waals surface area contributed by atoms with Crippen molar-refractivity contribution in [2.24, 2.45) is 4.99 Å². The molecule has 0 saturated carbocycles. The Balaban J connectivity index is 1.75. The highest BCUT2D eigenvalue weighted by Crippen LogP contribution is 2.50. The van der Waals surface area contributed by atoms with Gasteiger partial charge in [-0.05, 0) is 80.5 Å². The number of aryl methyl sites for hydroxylation is 6. The van der Waals surface area contributed by atoms with Crippen molar-refractivity contribution in [2.45, 2.75) is 60.2 Å². The van der Waals surface area contributed by atoms with Crippen LogP contribution in [0.3, 0.4) is 0 Å². The molecule has 3 aromatic carbocycles. The molecular weight excluding hydrogens is 364 g/mol. The van der Waals surface area contributed by atoms with Crippen molar-refractivity contribution in [1.29, 1.82) is 0 Å². The first kappa shape index (κ1) is 19.1. The Morgan fingerprint density at radius 1 is 0.733 bits per heavy atom. The summed E-state index contributed by atoms with van der Waals surface area (Å²) in [5, 5.41) is 0. The second-order valence-corrected chi connectivity index (χ2v) is 9.25. The van der Waals surface area contributed by atoms with Gasteiger partial charge in [0.05, 0.1) is 6.04 Å². The number of nitrogens with zero attached hydrogens (tertiary/aromatic N) is 2. The van der Waals surface area contributed by atoms with E-state index in [1.807, 2.05) is 0 Å². The first-order valence-electron chi connectivity index (χ1n) is 10.9. The first-order chi connectivity index (χ1) is 14.3. The Morgan fingerprint density at radius 2 is 1.27 bits per heavy atom. The zero-order chi connectivity index (χ0) is 21.2. The van der Waals surface area contributed by atoms with Gasteiger partial charge in [-0.3, -0.25) is 4.99 Å². The second kappa shape index (κ2) is 6.84. The van der Waals surface area contributed by atoms with Gasteiger partial charge in [0.1, 0.15) is 11.9 Å². The Hall–Kier alpha value is -2.87. The largest absolute Gasteiger partial charge is 0.342 e. The van der Waals surface area contributed by atoms with Crippen LogP contribution in [0, 0.1) is 41.5 Å². The van der Waals surface area contributed by atoms with Gasteiger partial charge in [0.2, 0.25) is 0 Å². The minimum atomic E-state index is 0.120. The van der Waals surface area contributed by atoms with Crippen molar-refractivity contribution in [1.82, 2.24) is 4.90 Å². The van der Waals surface area contributed by atoms with Gasteiger partial charge in [0.15, 0.2) is 0 Å². The van der Waals surface area contributed by atoms with E-state index in [4.69, 9.17) is 4.99 Å². The molecule has 5 rings (SSSR count). The van der Waals surface area contributed by atoms with Crippen molar-refractivity contribution in [2.75, 3.05) is 0 Å². The van der Waals surface area contributed by atoms with Crippen LogP contribution in [-0.2, 0) is 6.54 Å². The Labute approximate surface area is 180 Å². The van der Waals surface area contributed by atoms with Crippen LogP contribution in [0.15, 0.2) is 53.5 Å². The van der Waals surface area contributed by atoms with Gasteiger partial charge >= 0.3 is 0 Å². The summed E-state index contributed by atoms with van der Waals surface area (Å²) in [7, 11) is 0. The molecule has 2 heterocycles. The zero-order valence-electron chi connectivity index (χ0n) is 18.9. The summed E-state index contributed by atoms with van der Waals surface area (Å²) in [6.07, 6.45) is 0. The highest BCUT2D eigenvalue weighted by atomic mass is 15.3. The number of benzene rings is 3. The topological polar surface area (TPSA) is 15.6 Å². The Morgan fingerprint density at radius 3 is 1.87 bits per heavy atom. The van der Waals surface area contributed by atoms with Gasteiger partial charge in [0, 0.05) is 12.1 Å². The van der Waals surface area contributed by atoms with E-state index in [0.29, 0.717) is 0 Å². The predicted octanol–water partition coefficient (Wildman–Crippen LogP) is 6.60. The molecule has 0 amide bonds. The third-order valence-electron chi connectivity index (χ3n) is 6.83. The fraction of sp³-hybridized carbons (Fsp3) is 0.321. The molecule has 2 atom stereocenters. The molecule has 0 unspecified atom stereocenters. The van der Waals surface area contributed by atoms with Crippen LogP contribution in [0.5, 0.6) is 0 Å². The lowest BCUT2D eigenvalue weighted by Gasteiger charge is -2.32. The lowest BCUT2D eigenvalue weighted by atomic mass is 9.84. The van der Waals surface area contributed by atoms with Crippen molar-refractivity contribution in [3.8, 4) is 0 Å². The number of rotatable bonds is 2. The van der Waals surface area contributed by atoms with Gasteiger partial charge in [0.25, 0.3) is 0 Å². The fourth-order valence-corrected chi connectivity index (χ4v) is 5.89. The third-order valence-corrected chi connectivity index (χ3v) is 6.83. The monoisotopic (exact) mass is 394 g/mol. The average molecular weight is 395 g/mol. The third kappa shape index (κ3) is 2.81. The molecule has 0 aliphatic carbocycles. The molecule has 3 aromatic rings. The van der Waals surface area contributed by atoms with Crippen molar-refractivity contribution >= 4 is 5.84 Å². The van der Waals surface area contributed by atoms with E-state index >= 15 is 0 Å². The van der Waals surface area contributed by atoms with Gasteiger partial charge in [-0.1, -0.05) is 59.7 Å². The summed E-state index contributed by atoms with van der Waals surface area (Å²) in [6.45, 7) is 14.3. The van der Waals surface area contributed by atoms with E-state index in [1.54, 1.807) is 0 Å². The smallest absolute Gasteiger partial charge is 0.132 e. The predicted molar refractivity (Wildman–Crippen MR) is 125 cm³/mol. The SMILES string of the molecule is Cc1cc(C)c([C@H]2N=C3c4ccccc4CN3[C@@H]2c2c(C)cc(C)cc2C)c(C)c1. The Bertz CT molecular complexity index is 1160. The average Bonchev–Trinajstić information content (AvgIpc) is 3.17. The standard InChI is InChI=1S/C28H30N2/c1-16-11-18(3)24(19(4)12-16)26-27(25-20(5)13-17(2)14-21(25)6)30-15-22-9-7-8-10-23(22)28(30)29-26/h7-14,26-27H,15H2,1-6H3/t26-,27-/m1/s1. The lowest BCUT2D eigenvalue weighted by Crippen LogP contribution is -2.28. The molecule has 0 radical (unpaired) electrons. The Kier molecular flexibility index (Phi) is 4.36. The van der Waals surface area contributed by atoms with Gasteiger partial charge in [-0.2, -0.15) is 0 Å². The highest BCUT2D eigenvalue weighted by molar-refractivity contribution is 6.04. The van der Waals surface area contributed by atoms with E-state index < -0.39 is 0 Å². The maximum atomic E-state index is 5.42. The summed E-state index contributed by atoms with van der Waals surface area (Å²) in [5.74, 6) is 1.17. The molecule has 0 spiro atoms. The summed E-state index contributed by atoms with van der Waals surface area (Å²) < 4.78 is 0. The molecule has 30 heavy (non-hydrogen) atoms. The van der Waals surface area contributed by atoms with E-state index in [9.17, 15) is 0 Å². The van der Waals surface area contributed by atoms with Crippen molar-refractivity contribution < 1.29 is 0 Å². The summed E-state index contributed by atoms with van der Waals surface area (Å²) >= 11 is 0. The van der Waals surface area contributed by atoms with Crippen molar-refractivity contribution in [3.63, 3.8) is 0 Å². The normalized spacial score (nSPS) is 19.7. The fourth-order valence-electron chi connectivity index (χ4n) is 5.89. The minimum Gasteiger partial charge on any atom is -0.342 e. The lowest BCUT2D eigenvalue weighted by molar-refractivity contribution is 0.310. The quantitative estimate of drug-likeness (QED) is 0.478. The molecular formula is C28H30N2. The first-order valence-corrected chi connectivity index (χ1v) is 10.9. The zero-order valence-corrected chi connectivity index (χ0v) is 18.9. The molecule has 2 aliphatic heterocycles. The minimum absolute atomic E-state index is 0.120. The summed E-state index contributed by atoms with van der Waals surface area (Å²) in [5.41, 5.74) is 13.6. The number of amidine groups is 1. The highest BCUT2D eigenvalue weighted by Gasteiger charge is 2.44. The van der Waals surface area contributed by atoms with Gasteiger partial charge in [-0.25, -0.2) is 0 Å². The molecule has 0 N–H and O–H groups in total. The van der Waals surface area contributed by atoms with Crippen LogP contribution in [-0.4, -0.2) is 10.7 Å². The maximum absolute atomic E-state index is 5.42. The van der Waals surface area contributed by atoms with Crippen LogP contribution < -0.4 is 0 Å². The van der Waals surface area contributed by atoms with Gasteiger partial charge < -0.3 is 4.90 Å². The van der Waals surface area contributed by atoms with E-state index in [0.717, 1.165) is 6.54 Å². The summed E-state index contributed by atoms with van der Waals surface area (Å²) in [4.78, 5) is 7.97. The van der Waals surface area contributed by atoms with Crippen LogP contribution in [0.4, 0.5) is 0 Å². The summed E-state index contributed by atoms with van der Waals surface area (Å²) in [6, 6.07) is 18.4. The number of hydrogen-bond donors (Lipinski definition) is 0. The van der Waals surface area contributed by atoms with Crippen LogP contribution in [0.1, 0.15) is 67.7 Å². The van der Waals surface area contributed by atoms with E-state index in [1.165, 1.54) is 61.5 Å². The van der Waals surface area contributed by atoms with Crippen LogP contribution >= 0.6 is 0 Å². The van der Waals surface area contributed by atoms with Crippen LogP contribution in [0.25, 0.3) is 0 Å².